The van der Waals surface area contributed by atoms with Crippen molar-refractivity contribution in [1.29, 1.82) is 0 Å². The van der Waals surface area contributed by atoms with Crippen LogP contribution in [-0.2, 0) is 0 Å². The molecule has 0 radical (unpaired) electrons. The molecule has 2 aromatic carbocycles. The molecule has 0 fully saturated rings. The summed E-state index contributed by atoms with van der Waals surface area (Å²) >= 11 is 0. The van der Waals surface area contributed by atoms with E-state index in [1.165, 1.54) is 6.07 Å². The van der Waals surface area contributed by atoms with Crippen LogP contribution in [0.2, 0.25) is 0 Å². The predicted octanol–water partition coefficient (Wildman–Crippen LogP) is 2.98. The molecule has 0 aliphatic heterocycles. The third-order valence-electron chi connectivity index (χ3n) is 1.74. The molecule has 0 heterocycles. The molecule has 0 unspecified atom stereocenters. The second kappa shape index (κ2) is 14.2. The minimum Gasteiger partial charge on any atom is -0.534 e. The Morgan fingerprint density at radius 1 is 0.833 bits per heavy atom. The van der Waals surface area contributed by atoms with E-state index < -0.39 is 0 Å². The Hall–Kier alpha value is 2.25. The van der Waals surface area contributed by atoms with E-state index in [1.807, 2.05) is 30.3 Å². The van der Waals surface area contributed by atoms with Crippen molar-refractivity contribution < 1.29 is 134 Å². The second-order valence-corrected chi connectivity index (χ2v) is 2.82. The number of hydrogen-bond acceptors (Lipinski definition) is 2. The first-order chi connectivity index (χ1) is 6.84. The molecular weight excluding hydrogens is 1130 g/mol. The van der Waals surface area contributed by atoms with Gasteiger partial charge in [-0.05, 0) is 12.1 Å². The van der Waals surface area contributed by atoms with Gasteiger partial charge in [-0.2, -0.15) is 6.07 Å². The van der Waals surface area contributed by atoms with Crippen molar-refractivity contribution in [1.82, 2.24) is 0 Å². The fraction of sp³-hybridized carbons (Fsp3) is 0. The van der Waals surface area contributed by atoms with E-state index in [1.54, 1.807) is 12.1 Å². The average Bonchev–Trinajstić information content (AvgIpc) is 2.19. The van der Waals surface area contributed by atoms with Crippen LogP contribution in [-0.4, -0.2) is 5.11 Å². The SMILES string of the molecule is Oc1[c-]ccc(Oc2ccccc2)c1.[U].[U].[U].[U]. The quantitative estimate of drug-likeness (QED) is 0.470. The Bertz CT molecular complexity index is 423. The molecule has 0 saturated heterocycles. The maximum absolute atomic E-state index is 9.16. The van der Waals surface area contributed by atoms with E-state index >= 15 is 0 Å². The minimum absolute atomic E-state index is 0. The molecule has 0 aliphatic rings. The standard InChI is InChI=1S/C12H9O2.4U/c13-10-5-4-8-12(9-10)14-11-6-2-1-3-7-11;;;;/h1-4,6-9,13H;;;;/q-1;;;;. The van der Waals surface area contributed by atoms with Crippen LogP contribution in [0.3, 0.4) is 0 Å². The van der Waals surface area contributed by atoms with Crippen LogP contribution in [0, 0.1) is 131 Å². The molecule has 0 aliphatic carbocycles. The van der Waals surface area contributed by atoms with Gasteiger partial charge in [0.15, 0.2) is 0 Å². The number of phenolic OH excluding ortho intramolecular Hbond substituents is 1. The van der Waals surface area contributed by atoms with Gasteiger partial charge >= 0.3 is 0 Å². The summed E-state index contributed by atoms with van der Waals surface area (Å²) in [5.74, 6) is 1.43. The summed E-state index contributed by atoms with van der Waals surface area (Å²) in [7, 11) is 0. The Morgan fingerprint density at radius 2 is 1.44 bits per heavy atom. The predicted molar refractivity (Wildman–Crippen MR) is 53.5 cm³/mol. The Kier molecular flexibility index (Phi) is 19.9. The Labute approximate surface area is 202 Å². The summed E-state index contributed by atoms with van der Waals surface area (Å²) in [6.45, 7) is 0. The fourth-order valence-corrected chi connectivity index (χ4v) is 1.12. The molecule has 0 spiro atoms. The first-order valence-electron chi connectivity index (χ1n) is 4.28. The van der Waals surface area contributed by atoms with Gasteiger partial charge in [0.05, 0.1) is 0 Å². The van der Waals surface area contributed by atoms with Crippen molar-refractivity contribution in [3.63, 3.8) is 0 Å². The molecule has 2 rings (SSSR count). The fourth-order valence-electron chi connectivity index (χ4n) is 1.12. The summed E-state index contributed by atoms with van der Waals surface area (Å²) in [5.41, 5.74) is 0. The van der Waals surface area contributed by atoms with Crippen molar-refractivity contribution in [2.45, 2.75) is 0 Å². The van der Waals surface area contributed by atoms with Gasteiger partial charge in [0.25, 0.3) is 0 Å². The normalized spacial score (nSPS) is 7.56. The van der Waals surface area contributed by atoms with Gasteiger partial charge in [0.2, 0.25) is 0 Å². The van der Waals surface area contributed by atoms with Crippen molar-refractivity contribution in [2.75, 3.05) is 0 Å². The van der Waals surface area contributed by atoms with Crippen molar-refractivity contribution in [3.05, 3.63) is 54.6 Å². The summed E-state index contributed by atoms with van der Waals surface area (Å²) in [6.07, 6.45) is 0. The van der Waals surface area contributed by atoms with Gasteiger partial charge in [-0.25, -0.2) is 0 Å². The van der Waals surface area contributed by atoms with Gasteiger partial charge in [-0.3, -0.25) is 0 Å². The zero-order chi connectivity index (χ0) is 9.80. The van der Waals surface area contributed by atoms with Crippen LogP contribution in [0.25, 0.3) is 0 Å². The molecule has 0 aromatic heterocycles. The van der Waals surface area contributed by atoms with Crippen LogP contribution in [0.1, 0.15) is 0 Å². The maximum atomic E-state index is 9.16. The summed E-state index contributed by atoms with van der Waals surface area (Å²) in [5, 5.41) is 9.16. The van der Waals surface area contributed by atoms with E-state index in [4.69, 9.17) is 9.84 Å². The molecule has 6 heteroatoms. The molecule has 0 bridgehead atoms. The Balaban J connectivity index is -0.000000562. The molecule has 2 aromatic rings. The van der Waals surface area contributed by atoms with Crippen molar-refractivity contribution in [3.8, 4) is 17.2 Å². The zero-order valence-electron chi connectivity index (χ0n) is 9.47. The second-order valence-electron chi connectivity index (χ2n) is 2.82. The van der Waals surface area contributed by atoms with E-state index in [0.717, 1.165) is 5.75 Å². The first kappa shape index (κ1) is 25.2. The van der Waals surface area contributed by atoms with Crippen LogP contribution in [0.4, 0.5) is 0 Å². The molecule has 1 N–H and O–H groups in total. The number of rotatable bonds is 2. The number of aromatic hydroxyl groups is 1. The van der Waals surface area contributed by atoms with Gasteiger partial charge in [0.1, 0.15) is 5.75 Å². The topological polar surface area (TPSA) is 29.5 Å². The molecule has 2 nitrogen and oxygen atoms in total. The molecule has 86 valence electrons. The van der Waals surface area contributed by atoms with Gasteiger partial charge in [0, 0.05) is 136 Å². The van der Waals surface area contributed by atoms with Crippen LogP contribution < -0.4 is 4.74 Å². The molecular formula is C12H9O2U4-. The van der Waals surface area contributed by atoms with Crippen molar-refractivity contribution >= 4 is 0 Å². The minimum atomic E-state index is 0. The smallest absolute Gasteiger partial charge is 0.124 e. The largest absolute Gasteiger partial charge is 0.534 e. The van der Waals surface area contributed by atoms with Gasteiger partial charge in [-0.1, -0.05) is 24.3 Å². The van der Waals surface area contributed by atoms with Gasteiger partial charge < -0.3 is 9.84 Å². The summed E-state index contributed by atoms with van der Waals surface area (Å²) in [6, 6.07) is 16.9. The van der Waals surface area contributed by atoms with E-state index in [9.17, 15) is 0 Å². The molecule has 0 atom stereocenters. The van der Waals surface area contributed by atoms with E-state index in [2.05, 4.69) is 6.07 Å². The van der Waals surface area contributed by atoms with E-state index in [0.29, 0.717) is 5.75 Å². The maximum Gasteiger partial charge on any atom is 0.124 e. The average molecular weight is 1140 g/mol. The van der Waals surface area contributed by atoms with Crippen molar-refractivity contribution in [2.24, 2.45) is 0 Å². The van der Waals surface area contributed by atoms with Gasteiger partial charge in [-0.15, -0.1) is 12.1 Å². The molecule has 0 saturated carbocycles. The summed E-state index contributed by atoms with van der Waals surface area (Å²) in [4.78, 5) is 0. The summed E-state index contributed by atoms with van der Waals surface area (Å²) < 4.78 is 5.48. The number of phenols is 1. The number of benzene rings is 2. The third kappa shape index (κ3) is 9.23. The molecule has 0 amide bonds. The first-order valence-corrected chi connectivity index (χ1v) is 4.28. The molecule has 18 heavy (non-hydrogen) atoms. The number of ether oxygens (including phenoxy) is 1. The van der Waals surface area contributed by atoms with E-state index in [-0.39, 0.29) is 130 Å². The zero-order valence-corrected chi connectivity index (χ0v) is 26.1. The number of hydrogen-bond donors (Lipinski definition) is 1. The van der Waals surface area contributed by atoms with Crippen LogP contribution in [0.5, 0.6) is 17.2 Å². The van der Waals surface area contributed by atoms with Crippen LogP contribution >= 0.6 is 0 Å². The van der Waals surface area contributed by atoms with Crippen LogP contribution in [0.15, 0.2) is 48.5 Å². The number of para-hydroxylation sites is 1. The Morgan fingerprint density at radius 3 is 2.00 bits per heavy atom. The monoisotopic (exact) mass is 1140 g/mol. The third-order valence-corrected chi connectivity index (χ3v) is 1.74.